The second kappa shape index (κ2) is 4.06. The third-order valence-electron chi connectivity index (χ3n) is 1.68. The van der Waals surface area contributed by atoms with Gasteiger partial charge in [0.05, 0.1) is 0 Å². The molecule has 2 aromatic rings. The van der Waals surface area contributed by atoms with Crippen molar-refractivity contribution in [2.24, 2.45) is 0 Å². The van der Waals surface area contributed by atoms with Gasteiger partial charge >= 0.3 is 0 Å². The monoisotopic (exact) mass is 209 g/mol. The Kier molecular flexibility index (Phi) is 2.60. The summed E-state index contributed by atoms with van der Waals surface area (Å²) in [6.07, 6.45) is 0. The van der Waals surface area contributed by atoms with Gasteiger partial charge in [-0.2, -0.15) is 5.21 Å². The lowest BCUT2D eigenvalue weighted by Crippen LogP contribution is -2.00. The van der Waals surface area contributed by atoms with E-state index in [4.69, 9.17) is 11.6 Å². The zero-order valence-electron chi connectivity index (χ0n) is 7.24. The maximum atomic E-state index is 5.83. The Morgan fingerprint density at radius 3 is 3.07 bits per heavy atom. The number of hydrogen-bond acceptors (Lipinski definition) is 4. The summed E-state index contributed by atoms with van der Waals surface area (Å²) in [6, 6.07) is 7.59. The molecule has 0 saturated heterocycles. The number of H-pyrrole nitrogens is 1. The predicted molar refractivity (Wildman–Crippen MR) is 53.0 cm³/mol. The molecular weight excluding hydrogens is 202 g/mol. The smallest absolute Gasteiger partial charge is 0.263 e. The molecule has 5 nitrogen and oxygen atoms in total. The summed E-state index contributed by atoms with van der Waals surface area (Å²) in [6.45, 7) is 0.625. The number of rotatable bonds is 3. The second-order valence-corrected chi connectivity index (χ2v) is 3.16. The molecule has 1 heterocycles. The fourth-order valence-electron chi connectivity index (χ4n) is 1.06. The van der Waals surface area contributed by atoms with Crippen molar-refractivity contribution in [3.8, 4) is 0 Å². The molecule has 0 radical (unpaired) electrons. The maximum absolute atomic E-state index is 5.83. The summed E-state index contributed by atoms with van der Waals surface area (Å²) in [7, 11) is 0. The van der Waals surface area contributed by atoms with Crippen LogP contribution in [-0.2, 0) is 6.54 Å². The largest absolute Gasteiger partial charge is 0.348 e. The molecular formula is C8H8ClN5. The Bertz CT molecular complexity index is 400. The van der Waals surface area contributed by atoms with Crippen molar-refractivity contribution < 1.29 is 0 Å². The molecule has 0 amide bonds. The Balaban J connectivity index is 1.98. The van der Waals surface area contributed by atoms with Crippen LogP contribution in [0, 0.1) is 0 Å². The molecule has 0 aliphatic rings. The van der Waals surface area contributed by atoms with Gasteiger partial charge < -0.3 is 5.32 Å². The van der Waals surface area contributed by atoms with Gasteiger partial charge in [-0.1, -0.05) is 28.8 Å². The fraction of sp³-hybridized carbons (Fsp3) is 0.125. The lowest BCUT2D eigenvalue weighted by atomic mass is 10.2. The molecule has 14 heavy (non-hydrogen) atoms. The number of aromatic nitrogens is 4. The average Bonchev–Trinajstić information content (AvgIpc) is 2.67. The molecule has 1 aromatic carbocycles. The first kappa shape index (κ1) is 8.96. The van der Waals surface area contributed by atoms with Crippen molar-refractivity contribution in [2.75, 3.05) is 5.32 Å². The summed E-state index contributed by atoms with van der Waals surface area (Å²) >= 11 is 5.83. The van der Waals surface area contributed by atoms with Crippen molar-refractivity contribution in [1.29, 1.82) is 0 Å². The minimum absolute atomic E-state index is 0.477. The Hall–Kier alpha value is -1.62. The van der Waals surface area contributed by atoms with E-state index >= 15 is 0 Å². The molecule has 0 atom stereocenters. The summed E-state index contributed by atoms with van der Waals surface area (Å²) in [5.74, 6) is 0.477. The summed E-state index contributed by atoms with van der Waals surface area (Å²) in [4.78, 5) is 0. The van der Waals surface area contributed by atoms with Gasteiger partial charge in [0.15, 0.2) is 0 Å². The topological polar surface area (TPSA) is 66.5 Å². The van der Waals surface area contributed by atoms with Crippen LogP contribution in [0.1, 0.15) is 5.56 Å². The van der Waals surface area contributed by atoms with E-state index in [1.54, 1.807) is 0 Å². The van der Waals surface area contributed by atoms with Gasteiger partial charge in [-0.3, -0.25) is 0 Å². The number of halogens is 1. The van der Waals surface area contributed by atoms with E-state index < -0.39 is 0 Å². The highest BCUT2D eigenvalue weighted by Crippen LogP contribution is 2.11. The average molecular weight is 210 g/mol. The van der Waals surface area contributed by atoms with Crippen LogP contribution in [0.5, 0.6) is 0 Å². The van der Waals surface area contributed by atoms with E-state index in [1.165, 1.54) is 0 Å². The third kappa shape index (κ3) is 2.20. The van der Waals surface area contributed by atoms with Crippen molar-refractivity contribution in [3.05, 3.63) is 34.9 Å². The first-order valence-corrected chi connectivity index (χ1v) is 4.44. The van der Waals surface area contributed by atoms with E-state index in [0.717, 1.165) is 10.6 Å². The normalized spacial score (nSPS) is 10.1. The van der Waals surface area contributed by atoms with Crippen LogP contribution in [0.15, 0.2) is 24.3 Å². The Labute approximate surface area is 85.5 Å². The van der Waals surface area contributed by atoms with Gasteiger partial charge in [0, 0.05) is 11.6 Å². The highest BCUT2D eigenvalue weighted by Gasteiger charge is 1.97. The standard InChI is InChI=1S/C8H8ClN5/c9-7-3-1-2-6(4-7)5-10-8-11-13-14-12-8/h1-4H,5H2,(H2,10,11,12,13,14). The molecule has 72 valence electrons. The molecule has 1 aromatic heterocycles. The minimum atomic E-state index is 0.477. The molecule has 0 bridgehead atoms. The number of hydrogen-bond donors (Lipinski definition) is 2. The number of nitrogens with zero attached hydrogens (tertiary/aromatic N) is 3. The van der Waals surface area contributed by atoms with Crippen LogP contribution < -0.4 is 5.32 Å². The summed E-state index contributed by atoms with van der Waals surface area (Å²) in [5.41, 5.74) is 1.07. The van der Waals surface area contributed by atoms with E-state index in [1.807, 2.05) is 24.3 Å². The zero-order valence-corrected chi connectivity index (χ0v) is 7.99. The molecule has 0 aliphatic carbocycles. The van der Waals surface area contributed by atoms with Crippen LogP contribution in [0.25, 0.3) is 0 Å². The maximum Gasteiger partial charge on any atom is 0.263 e. The lowest BCUT2D eigenvalue weighted by Gasteiger charge is -2.01. The van der Waals surface area contributed by atoms with Gasteiger partial charge in [0.25, 0.3) is 5.95 Å². The van der Waals surface area contributed by atoms with E-state index in [-0.39, 0.29) is 0 Å². The van der Waals surface area contributed by atoms with Crippen LogP contribution in [-0.4, -0.2) is 20.6 Å². The van der Waals surface area contributed by atoms with Gasteiger partial charge in [-0.25, -0.2) is 0 Å². The van der Waals surface area contributed by atoms with Crippen molar-refractivity contribution in [3.63, 3.8) is 0 Å². The van der Waals surface area contributed by atoms with E-state index in [0.29, 0.717) is 12.5 Å². The van der Waals surface area contributed by atoms with Crippen LogP contribution in [0.2, 0.25) is 5.02 Å². The predicted octanol–water partition coefficient (Wildman–Crippen LogP) is 1.47. The first-order valence-electron chi connectivity index (χ1n) is 4.06. The van der Waals surface area contributed by atoms with Crippen LogP contribution in [0.4, 0.5) is 5.95 Å². The zero-order chi connectivity index (χ0) is 9.80. The number of nitrogens with one attached hydrogen (secondary N) is 2. The third-order valence-corrected chi connectivity index (χ3v) is 1.92. The van der Waals surface area contributed by atoms with Crippen LogP contribution in [0.3, 0.4) is 0 Å². The second-order valence-electron chi connectivity index (χ2n) is 2.72. The van der Waals surface area contributed by atoms with Gasteiger partial charge in [-0.15, -0.1) is 5.10 Å². The molecule has 0 fully saturated rings. The van der Waals surface area contributed by atoms with E-state index in [9.17, 15) is 0 Å². The molecule has 6 heteroatoms. The Morgan fingerprint density at radius 1 is 1.43 bits per heavy atom. The van der Waals surface area contributed by atoms with Gasteiger partial charge in [0.2, 0.25) is 0 Å². The minimum Gasteiger partial charge on any atom is -0.348 e. The quantitative estimate of drug-likeness (QED) is 0.804. The molecule has 0 saturated carbocycles. The molecule has 2 rings (SSSR count). The van der Waals surface area contributed by atoms with Gasteiger partial charge in [-0.05, 0) is 22.9 Å². The SMILES string of the molecule is Clc1cccc(CNc2nn[nH]n2)c1. The summed E-state index contributed by atoms with van der Waals surface area (Å²) < 4.78 is 0. The lowest BCUT2D eigenvalue weighted by molar-refractivity contribution is 0.881. The summed E-state index contributed by atoms with van der Waals surface area (Å²) in [5, 5.41) is 17.0. The molecule has 0 aliphatic heterocycles. The van der Waals surface area contributed by atoms with Crippen LogP contribution >= 0.6 is 11.6 Å². The van der Waals surface area contributed by atoms with Crippen molar-refractivity contribution in [2.45, 2.75) is 6.54 Å². The van der Waals surface area contributed by atoms with Gasteiger partial charge in [0.1, 0.15) is 0 Å². The fourth-order valence-corrected chi connectivity index (χ4v) is 1.28. The van der Waals surface area contributed by atoms with Crippen molar-refractivity contribution >= 4 is 17.5 Å². The molecule has 0 spiro atoms. The Morgan fingerprint density at radius 2 is 2.36 bits per heavy atom. The molecule has 2 N–H and O–H groups in total. The highest BCUT2D eigenvalue weighted by molar-refractivity contribution is 6.30. The first-order chi connectivity index (χ1) is 6.84. The molecule has 0 unspecified atom stereocenters. The number of aromatic amines is 1. The number of anilines is 1. The van der Waals surface area contributed by atoms with E-state index in [2.05, 4.69) is 25.9 Å². The van der Waals surface area contributed by atoms with Crippen molar-refractivity contribution in [1.82, 2.24) is 20.6 Å². The number of tetrazole rings is 1. The highest BCUT2D eigenvalue weighted by atomic mass is 35.5. The number of benzene rings is 1.